The van der Waals surface area contributed by atoms with Gasteiger partial charge in [0.05, 0.1) is 31.9 Å². The first-order chi connectivity index (χ1) is 18.1. The molecule has 0 unspecified atom stereocenters. The molecule has 3 amide bonds. The Bertz CT molecular complexity index is 1090. The smallest absolute Gasteiger partial charge is 0.410 e. The van der Waals surface area contributed by atoms with Gasteiger partial charge >= 0.3 is 6.09 Å². The number of carbonyl (C=O) groups excluding carboxylic acids is 3. The number of nitrogens with one attached hydrogen (secondary N) is 2. The van der Waals surface area contributed by atoms with Crippen molar-refractivity contribution in [3.05, 3.63) is 54.2 Å². The summed E-state index contributed by atoms with van der Waals surface area (Å²) in [5.74, 6) is -0.320. The zero-order valence-electron chi connectivity index (χ0n) is 22.4. The van der Waals surface area contributed by atoms with Gasteiger partial charge in [0.2, 0.25) is 11.8 Å². The second-order valence-electron chi connectivity index (χ2n) is 11.1. The number of benzene rings is 1. The van der Waals surface area contributed by atoms with Gasteiger partial charge in [0, 0.05) is 38.6 Å². The molecule has 4 rings (SSSR count). The number of carbonyl (C=O) groups is 3. The normalized spacial score (nSPS) is 19.6. The van der Waals surface area contributed by atoms with Crippen molar-refractivity contribution >= 4 is 17.9 Å². The van der Waals surface area contributed by atoms with Crippen LogP contribution in [-0.4, -0.2) is 84.2 Å². The van der Waals surface area contributed by atoms with E-state index in [0.717, 1.165) is 5.56 Å². The molecule has 2 fully saturated rings. The van der Waals surface area contributed by atoms with Gasteiger partial charge in [-0.05, 0) is 26.3 Å². The number of hydrogen-bond acceptors (Lipinski definition) is 8. The van der Waals surface area contributed by atoms with E-state index in [1.807, 2.05) is 51.1 Å². The zero-order chi connectivity index (χ0) is 27.3. The molecule has 2 aromatic rings. The number of hydrogen-bond donors (Lipinski definition) is 2. The molecule has 3 heterocycles. The molecule has 11 heteroatoms. The maximum atomic E-state index is 13.6. The predicted molar refractivity (Wildman–Crippen MR) is 138 cm³/mol. The van der Waals surface area contributed by atoms with Crippen LogP contribution in [0.1, 0.15) is 32.1 Å². The molecule has 11 nitrogen and oxygen atoms in total. The van der Waals surface area contributed by atoms with Gasteiger partial charge in [0.25, 0.3) is 0 Å². The minimum atomic E-state index is -0.848. The molecule has 2 aliphatic heterocycles. The topological polar surface area (TPSA) is 126 Å². The van der Waals surface area contributed by atoms with Crippen LogP contribution in [0.15, 0.2) is 47.3 Å². The lowest BCUT2D eigenvalue weighted by atomic mass is 9.71. The van der Waals surface area contributed by atoms with Crippen molar-refractivity contribution in [2.75, 3.05) is 39.8 Å². The second-order valence-corrected chi connectivity index (χ2v) is 11.1. The van der Waals surface area contributed by atoms with Crippen molar-refractivity contribution in [3.8, 4) is 0 Å². The molecule has 1 aromatic carbocycles. The SMILES string of the molecule is CNC(=O)[C@H](COCc1ccccc1)NC(=O)[C@@H]1CN(Cc2cnco2)CC12CN(C(=O)OC(C)(C)C)C2. The number of amides is 3. The van der Waals surface area contributed by atoms with Crippen molar-refractivity contribution in [3.63, 3.8) is 0 Å². The third-order valence-corrected chi connectivity index (χ3v) is 6.84. The summed E-state index contributed by atoms with van der Waals surface area (Å²) in [6.45, 7) is 8.17. The molecule has 2 saturated heterocycles. The molecular weight excluding hydrogens is 490 g/mol. The molecule has 2 aliphatic rings. The second kappa shape index (κ2) is 11.5. The lowest BCUT2D eigenvalue weighted by Gasteiger charge is -2.50. The Morgan fingerprint density at radius 3 is 2.55 bits per heavy atom. The molecule has 1 aromatic heterocycles. The largest absolute Gasteiger partial charge is 0.447 e. The van der Waals surface area contributed by atoms with Gasteiger partial charge in [-0.25, -0.2) is 9.78 Å². The molecule has 0 saturated carbocycles. The van der Waals surface area contributed by atoms with Crippen LogP contribution < -0.4 is 10.6 Å². The summed E-state index contributed by atoms with van der Waals surface area (Å²) in [6.07, 6.45) is 2.63. The van der Waals surface area contributed by atoms with E-state index < -0.39 is 29.1 Å². The Labute approximate surface area is 222 Å². The third-order valence-electron chi connectivity index (χ3n) is 6.84. The first-order valence-corrected chi connectivity index (χ1v) is 12.8. The molecule has 0 bridgehead atoms. The molecule has 38 heavy (non-hydrogen) atoms. The van der Waals surface area contributed by atoms with E-state index in [1.54, 1.807) is 11.1 Å². The first-order valence-electron chi connectivity index (χ1n) is 12.8. The molecule has 0 radical (unpaired) electrons. The number of nitrogens with zero attached hydrogens (tertiary/aromatic N) is 3. The van der Waals surface area contributed by atoms with Crippen LogP contribution in [0.4, 0.5) is 4.79 Å². The monoisotopic (exact) mass is 527 g/mol. The van der Waals surface area contributed by atoms with Crippen LogP contribution in [0.3, 0.4) is 0 Å². The predicted octanol–water partition coefficient (Wildman–Crippen LogP) is 1.79. The Kier molecular flexibility index (Phi) is 8.37. The lowest BCUT2D eigenvalue weighted by Crippen LogP contribution is -2.65. The van der Waals surface area contributed by atoms with Crippen LogP contribution in [0.25, 0.3) is 0 Å². The van der Waals surface area contributed by atoms with E-state index in [4.69, 9.17) is 13.9 Å². The number of ether oxygens (including phenoxy) is 2. The zero-order valence-corrected chi connectivity index (χ0v) is 22.4. The van der Waals surface area contributed by atoms with Crippen molar-refractivity contribution in [2.45, 2.75) is 45.6 Å². The van der Waals surface area contributed by atoms with Crippen molar-refractivity contribution in [1.29, 1.82) is 0 Å². The van der Waals surface area contributed by atoms with Crippen LogP contribution in [0.2, 0.25) is 0 Å². The van der Waals surface area contributed by atoms with Gasteiger partial charge in [0.1, 0.15) is 17.4 Å². The molecule has 2 N–H and O–H groups in total. The van der Waals surface area contributed by atoms with E-state index in [0.29, 0.717) is 45.1 Å². The van der Waals surface area contributed by atoms with Gasteiger partial charge in [-0.15, -0.1) is 0 Å². The highest BCUT2D eigenvalue weighted by atomic mass is 16.6. The number of likely N-dealkylation sites (tertiary alicyclic amines) is 2. The summed E-state index contributed by atoms with van der Waals surface area (Å²) in [6, 6.07) is 8.78. The van der Waals surface area contributed by atoms with E-state index >= 15 is 0 Å². The summed E-state index contributed by atoms with van der Waals surface area (Å²) in [4.78, 5) is 46.6. The minimum Gasteiger partial charge on any atom is -0.447 e. The van der Waals surface area contributed by atoms with Crippen LogP contribution >= 0.6 is 0 Å². The fourth-order valence-corrected chi connectivity index (χ4v) is 5.08. The molecule has 206 valence electrons. The first kappa shape index (κ1) is 27.6. The van der Waals surface area contributed by atoms with Gasteiger partial charge in [-0.1, -0.05) is 30.3 Å². The molecule has 2 atom stereocenters. The Balaban J connectivity index is 1.43. The molecular formula is C27H37N5O6. The average molecular weight is 528 g/mol. The highest BCUT2D eigenvalue weighted by Gasteiger charge is 2.58. The van der Waals surface area contributed by atoms with Gasteiger partial charge in [-0.3, -0.25) is 14.5 Å². The average Bonchev–Trinajstić information content (AvgIpc) is 3.49. The van der Waals surface area contributed by atoms with Crippen LogP contribution in [0, 0.1) is 11.3 Å². The number of rotatable bonds is 9. The summed E-state index contributed by atoms with van der Waals surface area (Å²) in [5, 5.41) is 5.52. The number of oxazole rings is 1. The van der Waals surface area contributed by atoms with E-state index in [-0.39, 0.29) is 18.4 Å². The summed E-state index contributed by atoms with van der Waals surface area (Å²) in [5.41, 5.74) is -0.0893. The van der Waals surface area contributed by atoms with E-state index in [1.165, 1.54) is 13.4 Å². The molecule has 1 spiro atoms. The van der Waals surface area contributed by atoms with Crippen molar-refractivity contribution in [2.24, 2.45) is 11.3 Å². The minimum absolute atomic E-state index is 0.0336. The highest BCUT2D eigenvalue weighted by molar-refractivity contribution is 5.89. The fourth-order valence-electron chi connectivity index (χ4n) is 5.08. The van der Waals surface area contributed by atoms with Gasteiger partial charge < -0.3 is 29.4 Å². The highest BCUT2D eigenvalue weighted by Crippen LogP contribution is 2.45. The van der Waals surface area contributed by atoms with Crippen LogP contribution in [-0.2, 0) is 32.2 Å². The third kappa shape index (κ3) is 6.70. The maximum Gasteiger partial charge on any atom is 0.410 e. The van der Waals surface area contributed by atoms with Crippen molar-refractivity contribution in [1.82, 2.24) is 25.4 Å². The number of likely N-dealkylation sites (N-methyl/N-ethyl adjacent to an activating group) is 1. The van der Waals surface area contributed by atoms with Crippen LogP contribution in [0.5, 0.6) is 0 Å². The summed E-state index contributed by atoms with van der Waals surface area (Å²) >= 11 is 0. The fraction of sp³-hybridized carbons (Fsp3) is 0.556. The lowest BCUT2D eigenvalue weighted by molar-refractivity contribution is -0.137. The summed E-state index contributed by atoms with van der Waals surface area (Å²) < 4.78 is 16.7. The maximum absolute atomic E-state index is 13.6. The quantitative estimate of drug-likeness (QED) is 0.506. The Morgan fingerprint density at radius 2 is 1.92 bits per heavy atom. The van der Waals surface area contributed by atoms with E-state index in [9.17, 15) is 14.4 Å². The van der Waals surface area contributed by atoms with Crippen molar-refractivity contribution < 1.29 is 28.3 Å². The Hall–Kier alpha value is -3.44. The van der Waals surface area contributed by atoms with Gasteiger partial charge in [-0.2, -0.15) is 0 Å². The Morgan fingerprint density at radius 1 is 1.18 bits per heavy atom. The van der Waals surface area contributed by atoms with E-state index in [2.05, 4.69) is 20.5 Å². The number of aromatic nitrogens is 1. The standard InChI is InChI=1S/C27H37N5O6/c1-26(2,3)38-25(35)32-16-27(17-32)15-31(11-20-10-29-18-37-20)12-21(27)23(33)30-22(24(34)28-4)14-36-13-19-8-6-5-7-9-19/h5-10,18,21-22H,11-17H2,1-4H3,(H,28,34)(H,30,33)/t21-,22-/m0/s1. The van der Waals surface area contributed by atoms with Gasteiger partial charge in [0.15, 0.2) is 6.39 Å². The molecule has 0 aliphatic carbocycles. The summed E-state index contributed by atoms with van der Waals surface area (Å²) in [7, 11) is 1.53.